The van der Waals surface area contributed by atoms with Crippen LogP contribution in [-0.2, 0) is 17.5 Å². The number of carbonyl (C=O) groups excluding carboxylic acids is 1. The Kier molecular flexibility index (Phi) is 5.54. The molecule has 2 aromatic rings. The molecular formula is C19H22F3N3O. The quantitative estimate of drug-likeness (QED) is 0.809. The minimum absolute atomic E-state index is 0.112. The number of rotatable bonds is 5. The number of nitrogens with zero attached hydrogens (tertiary/aromatic N) is 3. The molecular weight excluding hydrogens is 343 g/mol. The van der Waals surface area contributed by atoms with Gasteiger partial charge in [0.1, 0.15) is 0 Å². The van der Waals surface area contributed by atoms with Gasteiger partial charge in [0.2, 0.25) is 5.91 Å². The number of carbonyl (C=O) groups is 1. The van der Waals surface area contributed by atoms with Crippen LogP contribution in [0.5, 0.6) is 0 Å². The van der Waals surface area contributed by atoms with Crippen LogP contribution >= 0.6 is 0 Å². The van der Waals surface area contributed by atoms with E-state index in [4.69, 9.17) is 0 Å². The van der Waals surface area contributed by atoms with E-state index in [9.17, 15) is 18.0 Å². The monoisotopic (exact) mass is 365 g/mol. The van der Waals surface area contributed by atoms with Crippen molar-refractivity contribution in [3.05, 3.63) is 54.4 Å². The maximum absolute atomic E-state index is 12.9. The van der Waals surface area contributed by atoms with E-state index in [0.717, 1.165) is 19.0 Å². The average molecular weight is 365 g/mol. The molecule has 3 rings (SSSR count). The highest BCUT2D eigenvalue weighted by Crippen LogP contribution is 2.31. The first kappa shape index (κ1) is 18.4. The molecule has 1 fully saturated rings. The first-order valence-electron chi connectivity index (χ1n) is 8.74. The third-order valence-corrected chi connectivity index (χ3v) is 4.64. The SMILES string of the molecule is O=C(CCCn1cccc1)N1CCN(c2cccc(C(F)(F)F)c2)CC1. The Bertz CT molecular complexity index is 720. The molecule has 0 saturated carbocycles. The van der Waals surface area contributed by atoms with E-state index in [2.05, 4.69) is 0 Å². The predicted molar refractivity (Wildman–Crippen MR) is 93.9 cm³/mol. The average Bonchev–Trinajstić information content (AvgIpc) is 3.15. The Morgan fingerprint density at radius 3 is 2.35 bits per heavy atom. The number of hydrogen-bond acceptors (Lipinski definition) is 2. The van der Waals surface area contributed by atoms with Crippen LogP contribution in [0.25, 0.3) is 0 Å². The predicted octanol–water partition coefficient (Wildman–Crippen LogP) is 3.64. The number of aryl methyl sites for hydroxylation is 1. The largest absolute Gasteiger partial charge is 0.416 e. The summed E-state index contributed by atoms with van der Waals surface area (Å²) in [7, 11) is 0. The molecule has 0 radical (unpaired) electrons. The number of benzene rings is 1. The van der Waals surface area contributed by atoms with E-state index in [1.807, 2.05) is 34.0 Å². The number of hydrogen-bond donors (Lipinski definition) is 0. The van der Waals surface area contributed by atoms with Gasteiger partial charge in [0, 0.05) is 57.2 Å². The minimum atomic E-state index is -4.34. The third-order valence-electron chi connectivity index (χ3n) is 4.64. The summed E-state index contributed by atoms with van der Waals surface area (Å²) in [5, 5.41) is 0. The van der Waals surface area contributed by atoms with Gasteiger partial charge in [0.25, 0.3) is 0 Å². The van der Waals surface area contributed by atoms with Gasteiger partial charge in [0.15, 0.2) is 0 Å². The fraction of sp³-hybridized carbons (Fsp3) is 0.421. The summed E-state index contributed by atoms with van der Waals surface area (Å²) in [6.45, 7) is 2.98. The van der Waals surface area contributed by atoms with E-state index in [1.165, 1.54) is 12.1 Å². The van der Waals surface area contributed by atoms with Gasteiger partial charge in [-0.1, -0.05) is 6.07 Å². The van der Waals surface area contributed by atoms with Crippen molar-refractivity contribution in [2.45, 2.75) is 25.6 Å². The molecule has 140 valence electrons. The van der Waals surface area contributed by atoms with Crippen molar-refractivity contribution in [3.8, 4) is 0 Å². The number of piperazine rings is 1. The van der Waals surface area contributed by atoms with Gasteiger partial charge < -0.3 is 14.4 Å². The van der Waals surface area contributed by atoms with Gasteiger partial charge in [-0.25, -0.2) is 0 Å². The molecule has 4 nitrogen and oxygen atoms in total. The Labute approximate surface area is 150 Å². The molecule has 0 spiro atoms. The normalized spacial score (nSPS) is 15.3. The van der Waals surface area contributed by atoms with Gasteiger partial charge >= 0.3 is 6.18 Å². The topological polar surface area (TPSA) is 28.5 Å². The lowest BCUT2D eigenvalue weighted by molar-refractivity contribution is -0.137. The van der Waals surface area contributed by atoms with Crippen molar-refractivity contribution in [1.82, 2.24) is 9.47 Å². The van der Waals surface area contributed by atoms with Crippen molar-refractivity contribution < 1.29 is 18.0 Å². The Balaban J connectivity index is 1.48. The van der Waals surface area contributed by atoms with Crippen molar-refractivity contribution in [3.63, 3.8) is 0 Å². The Morgan fingerprint density at radius 1 is 1.00 bits per heavy atom. The maximum Gasteiger partial charge on any atom is 0.416 e. The Morgan fingerprint density at radius 2 is 1.69 bits per heavy atom. The molecule has 0 atom stereocenters. The molecule has 1 amide bonds. The molecule has 0 aliphatic carbocycles. The van der Waals surface area contributed by atoms with Crippen molar-refractivity contribution >= 4 is 11.6 Å². The molecule has 0 N–H and O–H groups in total. The zero-order valence-electron chi connectivity index (χ0n) is 14.5. The number of aromatic nitrogens is 1. The molecule has 0 unspecified atom stereocenters. The lowest BCUT2D eigenvalue weighted by Gasteiger charge is -2.36. The van der Waals surface area contributed by atoms with Gasteiger partial charge in [-0.15, -0.1) is 0 Å². The summed E-state index contributed by atoms with van der Waals surface area (Å²) in [4.78, 5) is 16.0. The van der Waals surface area contributed by atoms with E-state index in [0.29, 0.717) is 38.3 Å². The first-order chi connectivity index (χ1) is 12.4. The van der Waals surface area contributed by atoms with Gasteiger partial charge in [-0.05, 0) is 36.8 Å². The molecule has 2 heterocycles. The highest BCUT2D eigenvalue weighted by molar-refractivity contribution is 5.76. The van der Waals surface area contributed by atoms with E-state index in [1.54, 1.807) is 11.0 Å². The molecule has 1 aromatic carbocycles. The highest BCUT2D eigenvalue weighted by atomic mass is 19.4. The standard InChI is InChI=1S/C19H22F3N3O/c20-19(21,22)16-5-3-6-17(15-16)24-11-13-25(14-12-24)18(26)7-4-10-23-8-1-2-9-23/h1-3,5-6,8-9,15H,4,7,10-14H2. The molecule has 26 heavy (non-hydrogen) atoms. The lowest BCUT2D eigenvalue weighted by atomic mass is 10.1. The lowest BCUT2D eigenvalue weighted by Crippen LogP contribution is -2.48. The maximum atomic E-state index is 12.9. The van der Waals surface area contributed by atoms with Crippen LogP contribution < -0.4 is 4.90 Å². The molecule has 0 bridgehead atoms. The van der Waals surface area contributed by atoms with Crippen LogP contribution in [-0.4, -0.2) is 41.6 Å². The first-order valence-corrected chi connectivity index (χ1v) is 8.74. The Hall–Kier alpha value is -2.44. The zero-order chi connectivity index (χ0) is 18.6. The van der Waals surface area contributed by atoms with Crippen LogP contribution in [0.4, 0.5) is 18.9 Å². The van der Waals surface area contributed by atoms with Crippen LogP contribution in [0, 0.1) is 0 Å². The third kappa shape index (κ3) is 4.59. The molecule has 7 heteroatoms. The molecule has 1 aliphatic heterocycles. The van der Waals surface area contributed by atoms with E-state index in [-0.39, 0.29) is 5.91 Å². The number of halogens is 3. The number of anilines is 1. The summed E-state index contributed by atoms with van der Waals surface area (Å²) in [6.07, 6.45) is 0.868. The summed E-state index contributed by atoms with van der Waals surface area (Å²) < 4.78 is 40.6. The smallest absolute Gasteiger partial charge is 0.368 e. The van der Waals surface area contributed by atoms with Gasteiger partial charge in [-0.2, -0.15) is 13.2 Å². The fourth-order valence-corrected chi connectivity index (χ4v) is 3.18. The number of amides is 1. The van der Waals surface area contributed by atoms with Crippen molar-refractivity contribution in [2.75, 3.05) is 31.1 Å². The minimum Gasteiger partial charge on any atom is -0.368 e. The summed E-state index contributed by atoms with van der Waals surface area (Å²) in [5.74, 6) is 0.112. The second-order valence-corrected chi connectivity index (χ2v) is 6.44. The van der Waals surface area contributed by atoms with Crippen LogP contribution in [0.1, 0.15) is 18.4 Å². The van der Waals surface area contributed by atoms with Gasteiger partial charge in [-0.3, -0.25) is 4.79 Å². The number of alkyl halides is 3. The van der Waals surface area contributed by atoms with E-state index >= 15 is 0 Å². The summed E-state index contributed by atoms with van der Waals surface area (Å²) >= 11 is 0. The fourth-order valence-electron chi connectivity index (χ4n) is 3.18. The van der Waals surface area contributed by atoms with Crippen molar-refractivity contribution in [2.24, 2.45) is 0 Å². The van der Waals surface area contributed by atoms with Crippen LogP contribution in [0.3, 0.4) is 0 Å². The second-order valence-electron chi connectivity index (χ2n) is 6.44. The van der Waals surface area contributed by atoms with Crippen LogP contribution in [0.15, 0.2) is 48.8 Å². The highest BCUT2D eigenvalue weighted by Gasteiger charge is 2.31. The molecule has 1 saturated heterocycles. The molecule has 1 aromatic heterocycles. The van der Waals surface area contributed by atoms with Crippen molar-refractivity contribution in [1.29, 1.82) is 0 Å². The van der Waals surface area contributed by atoms with Gasteiger partial charge in [0.05, 0.1) is 5.56 Å². The van der Waals surface area contributed by atoms with E-state index < -0.39 is 11.7 Å². The summed E-state index contributed by atoms with van der Waals surface area (Å²) in [6, 6.07) is 9.27. The second kappa shape index (κ2) is 7.85. The molecule has 1 aliphatic rings. The zero-order valence-corrected chi connectivity index (χ0v) is 14.5. The summed E-state index contributed by atoms with van der Waals surface area (Å²) in [5.41, 5.74) is -0.0851. The van der Waals surface area contributed by atoms with Crippen LogP contribution in [0.2, 0.25) is 0 Å².